The molecular weight excluding hydrogens is 438 g/mol. The van der Waals surface area contributed by atoms with Crippen molar-refractivity contribution in [2.45, 2.75) is 45.4 Å². The highest BCUT2D eigenvalue weighted by Crippen LogP contribution is 2.47. The molecule has 1 N–H and O–H groups in total. The lowest BCUT2D eigenvalue weighted by Gasteiger charge is -2.14. The standard InChI is InChI=1S/C20H21N5O.C8H10O/c1-14(26)16-15(7-6-12-24-10-4-5-11-24)25(20(2)8-9-20)19-17(16)18(21-3)22-13-23-19;1-9-7-8-5-3-2-4-6-8/h4-5,10-11,13H,8-9,12H2,1-3H3,(H,21,22,23);2-6H,7H2,1H3. The number of hydrogen-bond acceptors (Lipinski definition) is 5. The van der Waals surface area contributed by atoms with Crippen LogP contribution in [0, 0.1) is 11.8 Å². The van der Waals surface area contributed by atoms with Crippen molar-refractivity contribution in [1.82, 2.24) is 19.1 Å². The van der Waals surface area contributed by atoms with Gasteiger partial charge in [0, 0.05) is 32.1 Å². The molecule has 1 aliphatic rings. The molecule has 3 heterocycles. The molecular formula is C28H31N5O2. The van der Waals surface area contributed by atoms with Crippen LogP contribution in [0.5, 0.6) is 0 Å². The van der Waals surface area contributed by atoms with Crippen LogP contribution in [0.1, 0.15) is 48.3 Å². The van der Waals surface area contributed by atoms with Crippen molar-refractivity contribution in [3.05, 3.63) is 78.0 Å². The molecule has 0 amide bonds. The van der Waals surface area contributed by atoms with Gasteiger partial charge in [0.15, 0.2) is 5.78 Å². The largest absolute Gasteiger partial charge is 0.380 e. The van der Waals surface area contributed by atoms with E-state index in [9.17, 15) is 4.79 Å². The minimum absolute atomic E-state index is 0.0189. The maximum atomic E-state index is 12.5. The number of carbonyl (C=O) groups is 1. The molecule has 180 valence electrons. The molecule has 7 heteroatoms. The van der Waals surface area contributed by atoms with E-state index in [0.717, 1.165) is 29.6 Å². The number of nitrogens with one attached hydrogen (secondary N) is 1. The van der Waals surface area contributed by atoms with E-state index < -0.39 is 0 Å². The van der Waals surface area contributed by atoms with Crippen molar-refractivity contribution < 1.29 is 9.53 Å². The molecule has 0 atom stereocenters. The molecule has 0 radical (unpaired) electrons. The van der Waals surface area contributed by atoms with Crippen LogP contribution in [-0.2, 0) is 23.4 Å². The Bertz CT molecular complexity index is 1360. The van der Waals surface area contributed by atoms with E-state index in [1.54, 1.807) is 21.1 Å². The number of rotatable bonds is 6. The lowest BCUT2D eigenvalue weighted by atomic mass is 10.1. The van der Waals surface area contributed by atoms with E-state index >= 15 is 0 Å². The summed E-state index contributed by atoms with van der Waals surface area (Å²) in [6.07, 6.45) is 7.60. The van der Waals surface area contributed by atoms with Gasteiger partial charge in [0.2, 0.25) is 0 Å². The Labute approximate surface area is 206 Å². The normalized spacial score (nSPS) is 13.4. The molecule has 7 nitrogen and oxygen atoms in total. The second-order valence-corrected chi connectivity index (χ2v) is 8.86. The van der Waals surface area contributed by atoms with Gasteiger partial charge < -0.3 is 19.2 Å². The van der Waals surface area contributed by atoms with Gasteiger partial charge in [-0.1, -0.05) is 36.3 Å². The van der Waals surface area contributed by atoms with Gasteiger partial charge in [-0.25, -0.2) is 9.97 Å². The van der Waals surface area contributed by atoms with Crippen LogP contribution in [0.25, 0.3) is 11.0 Å². The molecule has 1 aromatic carbocycles. The van der Waals surface area contributed by atoms with Crippen molar-refractivity contribution >= 4 is 22.6 Å². The number of benzene rings is 1. The molecule has 0 saturated heterocycles. The van der Waals surface area contributed by atoms with Crippen LogP contribution in [0.2, 0.25) is 0 Å². The van der Waals surface area contributed by atoms with Crippen LogP contribution in [0.4, 0.5) is 5.82 Å². The Hall–Kier alpha value is -3.89. The number of ether oxygens (including phenoxy) is 1. The maximum absolute atomic E-state index is 12.5. The molecule has 4 aromatic rings. The third-order valence-electron chi connectivity index (χ3n) is 6.14. The number of hydrogen-bond donors (Lipinski definition) is 1. The fourth-order valence-electron chi connectivity index (χ4n) is 4.12. The van der Waals surface area contributed by atoms with E-state index in [1.807, 2.05) is 59.4 Å². The summed E-state index contributed by atoms with van der Waals surface area (Å²) in [4.78, 5) is 21.3. The molecule has 1 aliphatic carbocycles. The highest BCUT2D eigenvalue weighted by Gasteiger charge is 2.43. The van der Waals surface area contributed by atoms with Gasteiger partial charge in [0.25, 0.3) is 0 Å². The monoisotopic (exact) mass is 469 g/mol. The Morgan fingerprint density at radius 1 is 1.14 bits per heavy atom. The third kappa shape index (κ3) is 5.28. The summed E-state index contributed by atoms with van der Waals surface area (Å²) in [5.74, 6) is 7.12. The van der Waals surface area contributed by atoms with Crippen molar-refractivity contribution in [3.63, 3.8) is 0 Å². The predicted molar refractivity (Wildman–Crippen MR) is 138 cm³/mol. The minimum Gasteiger partial charge on any atom is -0.380 e. The number of anilines is 1. The quantitative estimate of drug-likeness (QED) is 0.322. The summed E-state index contributed by atoms with van der Waals surface area (Å²) in [7, 11) is 3.51. The van der Waals surface area contributed by atoms with Gasteiger partial charge in [-0.2, -0.15) is 0 Å². The molecule has 5 rings (SSSR count). The first kappa shape index (κ1) is 24.2. The van der Waals surface area contributed by atoms with Crippen LogP contribution in [0.3, 0.4) is 0 Å². The topological polar surface area (TPSA) is 74.0 Å². The molecule has 0 aliphatic heterocycles. The maximum Gasteiger partial charge on any atom is 0.163 e. The predicted octanol–water partition coefficient (Wildman–Crippen LogP) is 4.87. The first-order chi connectivity index (χ1) is 17.0. The van der Waals surface area contributed by atoms with Gasteiger partial charge >= 0.3 is 0 Å². The Morgan fingerprint density at radius 2 is 1.86 bits per heavy atom. The number of Topliss-reactive ketones (excluding diaryl/α,β-unsaturated/α-hetero) is 1. The molecule has 0 unspecified atom stereocenters. The lowest BCUT2D eigenvalue weighted by Crippen LogP contribution is -2.15. The van der Waals surface area contributed by atoms with Crippen molar-refractivity contribution in [2.75, 3.05) is 19.5 Å². The fourth-order valence-corrected chi connectivity index (χ4v) is 4.12. The second-order valence-electron chi connectivity index (χ2n) is 8.86. The zero-order valence-electron chi connectivity index (χ0n) is 20.7. The molecule has 0 spiro atoms. The summed E-state index contributed by atoms with van der Waals surface area (Å²) in [5.41, 5.74) is 3.32. The Balaban J connectivity index is 0.000000271. The van der Waals surface area contributed by atoms with Gasteiger partial charge in [0.1, 0.15) is 23.5 Å². The first-order valence-corrected chi connectivity index (χ1v) is 11.7. The van der Waals surface area contributed by atoms with E-state index in [-0.39, 0.29) is 11.3 Å². The molecule has 1 saturated carbocycles. The minimum atomic E-state index is -0.0389. The highest BCUT2D eigenvalue weighted by atomic mass is 16.5. The molecule has 1 fully saturated rings. The average molecular weight is 470 g/mol. The summed E-state index contributed by atoms with van der Waals surface area (Å²) in [6.45, 7) is 5.06. The summed E-state index contributed by atoms with van der Waals surface area (Å²) < 4.78 is 9.08. The highest BCUT2D eigenvalue weighted by molar-refractivity contribution is 6.12. The number of fused-ring (bicyclic) bond motifs is 1. The van der Waals surface area contributed by atoms with Crippen molar-refractivity contribution in [3.8, 4) is 11.8 Å². The van der Waals surface area contributed by atoms with E-state index in [2.05, 4.69) is 38.6 Å². The van der Waals surface area contributed by atoms with Crippen molar-refractivity contribution in [2.24, 2.45) is 0 Å². The Kier molecular flexibility index (Phi) is 7.33. The molecule has 35 heavy (non-hydrogen) atoms. The third-order valence-corrected chi connectivity index (χ3v) is 6.14. The zero-order valence-corrected chi connectivity index (χ0v) is 20.7. The number of aromatic nitrogens is 4. The van der Waals surface area contributed by atoms with Crippen molar-refractivity contribution in [1.29, 1.82) is 0 Å². The van der Waals surface area contributed by atoms with E-state index in [4.69, 9.17) is 4.74 Å². The zero-order chi connectivity index (χ0) is 24.8. The number of nitrogens with zero attached hydrogens (tertiary/aromatic N) is 4. The van der Waals surface area contributed by atoms with Gasteiger partial charge in [-0.15, -0.1) is 0 Å². The molecule has 3 aromatic heterocycles. The first-order valence-electron chi connectivity index (χ1n) is 11.7. The Morgan fingerprint density at radius 3 is 2.46 bits per heavy atom. The fraction of sp³-hybridized carbons (Fsp3) is 0.321. The van der Waals surface area contributed by atoms with E-state index in [1.165, 1.54) is 11.9 Å². The van der Waals surface area contributed by atoms with Crippen LogP contribution in [-0.4, -0.2) is 39.0 Å². The lowest BCUT2D eigenvalue weighted by molar-refractivity contribution is 0.101. The summed E-state index contributed by atoms with van der Waals surface area (Å²) >= 11 is 0. The number of carbonyl (C=O) groups excluding carboxylic acids is 1. The van der Waals surface area contributed by atoms with Crippen LogP contribution >= 0.6 is 0 Å². The van der Waals surface area contributed by atoms with Crippen LogP contribution in [0.15, 0.2) is 61.2 Å². The van der Waals surface area contributed by atoms with Gasteiger partial charge in [-0.3, -0.25) is 4.79 Å². The average Bonchev–Trinajstić information content (AvgIpc) is 3.25. The van der Waals surface area contributed by atoms with Crippen LogP contribution < -0.4 is 5.32 Å². The summed E-state index contributed by atoms with van der Waals surface area (Å²) in [5, 5.41) is 3.85. The smallest absolute Gasteiger partial charge is 0.163 e. The second kappa shape index (κ2) is 10.6. The number of methoxy groups -OCH3 is 1. The molecule has 0 bridgehead atoms. The van der Waals surface area contributed by atoms with E-state index in [0.29, 0.717) is 24.5 Å². The van der Waals surface area contributed by atoms with Gasteiger partial charge in [0.05, 0.1) is 24.1 Å². The number of ketones is 1. The van der Waals surface area contributed by atoms with Gasteiger partial charge in [-0.05, 0) is 50.3 Å². The SMILES string of the molecule is CNc1ncnc2c1c(C(C)=O)c(C#CCn1cccc1)n2C1(C)CC1.COCc1ccccc1. The summed E-state index contributed by atoms with van der Waals surface area (Å²) in [6, 6.07) is 14.0.